The first-order valence-corrected chi connectivity index (χ1v) is 4.76. The molecule has 0 aromatic rings. The minimum Gasteiger partial charge on any atom is -0.448 e. The number of nitrogens with one attached hydrogen (secondary N) is 1. The molecule has 0 bridgehead atoms. The van der Waals surface area contributed by atoms with E-state index in [2.05, 4.69) is 10.1 Å². The van der Waals surface area contributed by atoms with Crippen molar-refractivity contribution < 1.29 is 23.9 Å². The number of nitrogens with zero attached hydrogens (tertiary/aromatic N) is 1. The van der Waals surface area contributed by atoms with Crippen LogP contribution in [0.15, 0.2) is 0 Å². The fourth-order valence-electron chi connectivity index (χ4n) is 1.66. The number of β-lactam (4-membered cyclic amide) rings is 1. The average Bonchev–Trinajstić information content (AvgIpc) is 2.61. The third-order valence-corrected chi connectivity index (χ3v) is 2.46. The van der Waals surface area contributed by atoms with Crippen molar-refractivity contribution in [1.82, 2.24) is 10.2 Å². The summed E-state index contributed by atoms with van der Waals surface area (Å²) >= 11 is 0. The number of rotatable bonds is 3. The van der Waals surface area contributed by atoms with Gasteiger partial charge in [0.2, 0.25) is 6.10 Å². The minimum absolute atomic E-state index is 0.252. The Kier molecular flexibility index (Phi) is 2.55. The third kappa shape index (κ3) is 1.86. The molecule has 3 N–H and O–H groups in total. The van der Waals surface area contributed by atoms with E-state index in [0.717, 1.165) is 0 Å². The van der Waals surface area contributed by atoms with Gasteiger partial charge in [0.15, 0.2) is 0 Å². The molecule has 0 spiro atoms. The van der Waals surface area contributed by atoms with Crippen molar-refractivity contribution in [3.05, 3.63) is 0 Å². The van der Waals surface area contributed by atoms with Crippen LogP contribution in [0.2, 0.25) is 0 Å². The fraction of sp³-hybridized carbons (Fsp3) is 0.625. The highest BCUT2D eigenvalue weighted by molar-refractivity contribution is 5.90. The first-order chi connectivity index (χ1) is 7.58. The summed E-state index contributed by atoms with van der Waals surface area (Å²) in [4.78, 5) is 34.1. The van der Waals surface area contributed by atoms with E-state index in [1.807, 2.05) is 0 Å². The molecule has 0 saturated carbocycles. The van der Waals surface area contributed by atoms with Crippen LogP contribution >= 0.6 is 0 Å². The molecule has 2 aliphatic heterocycles. The summed E-state index contributed by atoms with van der Waals surface area (Å²) in [6.45, 7) is 1.05. The van der Waals surface area contributed by atoms with Gasteiger partial charge in [-0.05, 0) is 0 Å². The number of primary amides is 1. The van der Waals surface area contributed by atoms with Crippen LogP contribution in [0.1, 0.15) is 0 Å². The number of carbonyl (C=O) groups excluding carboxylic acids is 3. The molecule has 0 aromatic carbocycles. The number of amides is 3. The van der Waals surface area contributed by atoms with Crippen LogP contribution in [0, 0.1) is 0 Å². The molecule has 88 valence electrons. The minimum atomic E-state index is -1.01. The van der Waals surface area contributed by atoms with Crippen molar-refractivity contribution in [3.63, 3.8) is 0 Å². The summed E-state index contributed by atoms with van der Waals surface area (Å²) in [6, 6.07) is -0.411. The standard InChI is InChI=1S/C8H11N3O5/c9-7(13)16-5-4(10-6(5)12)3-11-1-2-15-8(11)14/h4-5H,1-3H2,(H2,9,13)(H,10,12)/t4-,5+/m1/s1. The first-order valence-electron chi connectivity index (χ1n) is 4.76. The van der Waals surface area contributed by atoms with E-state index in [1.165, 1.54) is 4.90 Å². The molecule has 2 atom stereocenters. The summed E-state index contributed by atoms with van der Waals surface area (Å²) in [5.74, 6) is -0.406. The molecular weight excluding hydrogens is 218 g/mol. The molecule has 3 amide bonds. The predicted octanol–water partition coefficient (Wildman–Crippen LogP) is -1.60. The predicted molar refractivity (Wildman–Crippen MR) is 49.3 cm³/mol. The second-order valence-electron chi connectivity index (χ2n) is 3.53. The molecule has 0 aliphatic carbocycles. The van der Waals surface area contributed by atoms with E-state index in [4.69, 9.17) is 10.5 Å². The average molecular weight is 229 g/mol. The molecule has 0 aromatic heterocycles. The van der Waals surface area contributed by atoms with Gasteiger partial charge in [-0.15, -0.1) is 0 Å². The maximum atomic E-state index is 11.1. The van der Waals surface area contributed by atoms with Gasteiger partial charge in [-0.2, -0.15) is 0 Å². The molecular formula is C8H11N3O5. The van der Waals surface area contributed by atoms with Crippen LogP contribution in [0.3, 0.4) is 0 Å². The van der Waals surface area contributed by atoms with Crippen LogP contribution in [0.25, 0.3) is 0 Å². The fourth-order valence-corrected chi connectivity index (χ4v) is 1.66. The van der Waals surface area contributed by atoms with Crippen molar-refractivity contribution in [3.8, 4) is 0 Å². The second-order valence-corrected chi connectivity index (χ2v) is 3.53. The van der Waals surface area contributed by atoms with E-state index < -0.39 is 30.2 Å². The summed E-state index contributed by atoms with van der Waals surface area (Å²) in [5, 5.41) is 2.52. The number of hydrogen-bond acceptors (Lipinski definition) is 5. The Balaban J connectivity index is 1.88. The van der Waals surface area contributed by atoms with Crippen molar-refractivity contribution in [2.75, 3.05) is 19.7 Å². The van der Waals surface area contributed by atoms with Gasteiger partial charge < -0.3 is 25.4 Å². The van der Waals surface area contributed by atoms with Crippen molar-refractivity contribution in [1.29, 1.82) is 0 Å². The Morgan fingerprint density at radius 3 is 2.88 bits per heavy atom. The normalized spacial score (nSPS) is 28.1. The molecule has 2 aliphatic rings. The lowest BCUT2D eigenvalue weighted by Gasteiger charge is -2.36. The third-order valence-electron chi connectivity index (χ3n) is 2.46. The number of nitrogens with two attached hydrogens (primary N) is 1. The second kappa shape index (κ2) is 3.87. The molecule has 8 heteroatoms. The van der Waals surface area contributed by atoms with Gasteiger partial charge in [0.25, 0.3) is 5.91 Å². The zero-order chi connectivity index (χ0) is 11.7. The smallest absolute Gasteiger partial charge is 0.410 e. The quantitative estimate of drug-likeness (QED) is 0.566. The maximum absolute atomic E-state index is 11.1. The van der Waals surface area contributed by atoms with Crippen molar-refractivity contribution in [2.45, 2.75) is 12.1 Å². The Hall–Kier alpha value is -1.99. The van der Waals surface area contributed by atoms with Gasteiger partial charge in [-0.25, -0.2) is 9.59 Å². The van der Waals surface area contributed by atoms with Crippen LogP contribution in [0.4, 0.5) is 9.59 Å². The number of carbonyl (C=O) groups is 3. The summed E-state index contributed by atoms with van der Waals surface area (Å²) < 4.78 is 9.32. The van der Waals surface area contributed by atoms with Gasteiger partial charge in [0, 0.05) is 6.54 Å². The van der Waals surface area contributed by atoms with Gasteiger partial charge >= 0.3 is 12.2 Å². The highest BCUT2D eigenvalue weighted by Crippen LogP contribution is 2.14. The van der Waals surface area contributed by atoms with Crippen LogP contribution < -0.4 is 11.1 Å². The largest absolute Gasteiger partial charge is 0.448 e. The lowest BCUT2D eigenvalue weighted by molar-refractivity contribution is -0.142. The zero-order valence-corrected chi connectivity index (χ0v) is 8.34. The van der Waals surface area contributed by atoms with Crippen molar-refractivity contribution >= 4 is 18.1 Å². The SMILES string of the molecule is NC(=O)O[C@@H]1C(=O)N[C@@H]1CN1CCOC1=O. The summed E-state index contributed by atoms with van der Waals surface area (Å²) in [6.07, 6.45) is -2.35. The van der Waals surface area contributed by atoms with E-state index in [1.54, 1.807) is 0 Å². The lowest BCUT2D eigenvalue weighted by atomic mass is 10.0. The molecule has 0 unspecified atom stereocenters. The van der Waals surface area contributed by atoms with Gasteiger partial charge in [-0.1, -0.05) is 0 Å². The molecule has 8 nitrogen and oxygen atoms in total. The van der Waals surface area contributed by atoms with Gasteiger partial charge in [0.05, 0.1) is 12.6 Å². The molecule has 2 heterocycles. The van der Waals surface area contributed by atoms with E-state index in [-0.39, 0.29) is 6.54 Å². The van der Waals surface area contributed by atoms with Crippen LogP contribution in [-0.2, 0) is 14.3 Å². The highest BCUT2D eigenvalue weighted by Gasteiger charge is 2.44. The van der Waals surface area contributed by atoms with E-state index in [9.17, 15) is 14.4 Å². The molecule has 2 saturated heterocycles. The molecule has 2 rings (SSSR count). The molecule has 2 fully saturated rings. The Morgan fingerprint density at radius 1 is 1.62 bits per heavy atom. The highest BCUT2D eigenvalue weighted by atomic mass is 16.6. The van der Waals surface area contributed by atoms with Gasteiger partial charge in [0.1, 0.15) is 6.61 Å². The number of ether oxygens (including phenoxy) is 2. The summed E-state index contributed by atoms with van der Waals surface area (Å²) in [5.41, 5.74) is 4.82. The van der Waals surface area contributed by atoms with E-state index >= 15 is 0 Å². The van der Waals surface area contributed by atoms with Crippen LogP contribution in [0.5, 0.6) is 0 Å². The van der Waals surface area contributed by atoms with Gasteiger partial charge in [-0.3, -0.25) is 4.79 Å². The first kappa shape index (κ1) is 10.5. The monoisotopic (exact) mass is 229 g/mol. The zero-order valence-electron chi connectivity index (χ0n) is 8.34. The Labute approximate surface area is 90.6 Å². The topological polar surface area (TPSA) is 111 Å². The lowest BCUT2D eigenvalue weighted by Crippen LogP contribution is -2.67. The summed E-state index contributed by atoms with van der Waals surface area (Å²) in [7, 11) is 0. The Bertz CT molecular complexity index is 345. The maximum Gasteiger partial charge on any atom is 0.410 e. The van der Waals surface area contributed by atoms with E-state index in [0.29, 0.717) is 13.2 Å². The number of cyclic esters (lactones) is 1. The van der Waals surface area contributed by atoms with Crippen molar-refractivity contribution in [2.24, 2.45) is 5.73 Å². The number of hydrogen-bond donors (Lipinski definition) is 2. The Morgan fingerprint density at radius 2 is 2.38 bits per heavy atom. The molecule has 16 heavy (non-hydrogen) atoms. The van der Waals surface area contributed by atoms with Crippen LogP contribution in [-0.4, -0.2) is 54.8 Å². The molecule has 0 radical (unpaired) electrons.